The normalized spacial score (nSPS) is 16.1. The lowest BCUT2D eigenvalue weighted by atomic mass is 10.0. The molecule has 1 aromatic heterocycles. The monoisotopic (exact) mass is 303 g/mol. The molecule has 3 heteroatoms. The van der Waals surface area contributed by atoms with Crippen molar-refractivity contribution in [2.75, 3.05) is 25.5 Å². The van der Waals surface area contributed by atoms with Crippen LogP contribution in [0.1, 0.15) is 17.5 Å². The second-order valence-corrected chi connectivity index (χ2v) is 5.76. The lowest BCUT2D eigenvalue weighted by Crippen LogP contribution is -2.07. The molecule has 2 heterocycles. The van der Waals surface area contributed by atoms with E-state index in [4.69, 9.17) is 0 Å². The Bertz CT molecular complexity index is 738. The highest BCUT2D eigenvalue weighted by atomic mass is 15.1. The molecular formula is C20H21N3. The van der Waals surface area contributed by atoms with E-state index < -0.39 is 0 Å². The lowest BCUT2D eigenvalue weighted by Gasteiger charge is -2.11. The Labute approximate surface area is 137 Å². The van der Waals surface area contributed by atoms with Gasteiger partial charge in [-0.3, -0.25) is 9.98 Å². The number of hydrogen-bond acceptors (Lipinski definition) is 3. The average molecular weight is 303 g/mol. The maximum Gasteiger partial charge on any atom is 0.0694 e. The average Bonchev–Trinajstić information content (AvgIpc) is 3.05. The minimum Gasteiger partial charge on any atom is -0.378 e. The Kier molecular flexibility index (Phi) is 4.67. The zero-order valence-corrected chi connectivity index (χ0v) is 13.6. The van der Waals surface area contributed by atoms with Gasteiger partial charge in [0.25, 0.3) is 0 Å². The van der Waals surface area contributed by atoms with Crippen LogP contribution in [0.4, 0.5) is 5.69 Å². The van der Waals surface area contributed by atoms with Gasteiger partial charge in [-0.05, 0) is 41.8 Å². The molecule has 0 aliphatic carbocycles. The van der Waals surface area contributed by atoms with Gasteiger partial charge in [-0.1, -0.05) is 30.4 Å². The largest absolute Gasteiger partial charge is 0.378 e. The van der Waals surface area contributed by atoms with E-state index in [0.717, 1.165) is 24.2 Å². The first-order chi connectivity index (χ1) is 11.2. The standard InChI is InChI=1S/C20H21N3/c1-23(2)19-10-8-16(9-11-19)5-3-6-17-12-14-22-20(17)18-7-4-13-21-15-18/h3-11,13,15H,12,14H2,1-2H3/b5-3+,17-6-. The van der Waals surface area contributed by atoms with Gasteiger partial charge in [-0.2, -0.15) is 0 Å². The number of nitrogens with zero attached hydrogens (tertiary/aromatic N) is 3. The maximum absolute atomic E-state index is 4.61. The first-order valence-corrected chi connectivity index (χ1v) is 7.84. The zero-order chi connectivity index (χ0) is 16.1. The fraction of sp³-hybridized carbons (Fsp3) is 0.200. The molecule has 0 atom stereocenters. The van der Waals surface area contributed by atoms with E-state index in [1.807, 2.05) is 12.3 Å². The van der Waals surface area contributed by atoms with Crippen molar-refractivity contribution in [2.45, 2.75) is 6.42 Å². The summed E-state index contributed by atoms with van der Waals surface area (Å²) < 4.78 is 0. The van der Waals surface area contributed by atoms with E-state index in [1.165, 1.54) is 16.8 Å². The molecule has 0 radical (unpaired) electrons. The lowest BCUT2D eigenvalue weighted by molar-refractivity contribution is 1.04. The Morgan fingerprint density at radius 1 is 1.09 bits per heavy atom. The molecule has 1 aliphatic rings. The van der Waals surface area contributed by atoms with E-state index in [1.54, 1.807) is 6.20 Å². The van der Waals surface area contributed by atoms with Crippen LogP contribution in [0, 0.1) is 0 Å². The number of aliphatic imine (C=N–C) groups is 1. The third kappa shape index (κ3) is 3.75. The molecule has 116 valence electrons. The van der Waals surface area contributed by atoms with Gasteiger partial charge in [-0.25, -0.2) is 0 Å². The molecule has 0 amide bonds. The highest BCUT2D eigenvalue weighted by Crippen LogP contribution is 2.19. The SMILES string of the molecule is CN(C)c1ccc(/C=C/C=C2/CCN=C2c2cccnc2)cc1. The van der Waals surface area contributed by atoms with Gasteiger partial charge in [0.1, 0.15) is 0 Å². The Morgan fingerprint density at radius 3 is 2.61 bits per heavy atom. The van der Waals surface area contributed by atoms with Crippen LogP contribution in [0.15, 0.2) is 71.5 Å². The first-order valence-electron chi connectivity index (χ1n) is 7.84. The van der Waals surface area contributed by atoms with Crippen LogP contribution < -0.4 is 4.90 Å². The maximum atomic E-state index is 4.61. The number of pyridine rings is 1. The van der Waals surface area contributed by atoms with Crippen LogP contribution in [0.2, 0.25) is 0 Å². The third-order valence-electron chi connectivity index (χ3n) is 3.89. The zero-order valence-electron chi connectivity index (χ0n) is 13.6. The highest BCUT2D eigenvalue weighted by Gasteiger charge is 2.14. The molecule has 1 aliphatic heterocycles. The van der Waals surface area contributed by atoms with Crippen LogP contribution in [0.25, 0.3) is 6.08 Å². The minimum absolute atomic E-state index is 0.863. The molecule has 0 spiro atoms. The van der Waals surface area contributed by atoms with Crippen molar-refractivity contribution in [1.82, 2.24) is 4.98 Å². The summed E-state index contributed by atoms with van der Waals surface area (Å²) in [4.78, 5) is 10.9. The van der Waals surface area contributed by atoms with Crippen LogP contribution in [0.3, 0.4) is 0 Å². The summed E-state index contributed by atoms with van der Waals surface area (Å²) in [5.74, 6) is 0. The summed E-state index contributed by atoms with van der Waals surface area (Å²) >= 11 is 0. The van der Waals surface area contributed by atoms with Crippen LogP contribution in [-0.2, 0) is 0 Å². The van der Waals surface area contributed by atoms with Gasteiger partial charge in [0, 0.05) is 44.3 Å². The van der Waals surface area contributed by atoms with E-state index >= 15 is 0 Å². The third-order valence-corrected chi connectivity index (χ3v) is 3.89. The van der Waals surface area contributed by atoms with Crippen molar-refractivity contribution < 1.29 is 0 Å². The summed E-state index contributed by atoms with van der Waals surface area (Å²) in [6.07, 6.45) is 11.1. The highest BCUT2D eigenvalue weighted by molar-refractivity contribution is 6.13. The summed E-state index contributed by atoms with van der Waals surface area (Å²) in [5, 5.41) is 0. The molecule has 0 saturated heterocycles. The first kappa shape index (κ1) is 15.2. The van der Waals surface area contributed by atoms with Gasteiger partial charge in [0.15, 0.2) is 0 Å². The molecular weight excluding hydrogens is 282 g/mol. The van der Waals surface area contributed by atoms with E-state index in [-0.39, 0.29) is 0 Å². The number of allylic oxidation sites excluding steroid dienone is 2. The molecule has 1 aromatic carbocycles. The van der Waals surface area contributed by atoms with Crippen molar-refractivity contribution in [2.24, 2.45) is 4.99 Å². The second kappa shape index (κ2) is 7.05. The molecule has 0 unspecified atom stereocenters. The molecule has 3 nitrogen and oxygen atoms in total. The van der Waals surface area contributed by atoms with E-state index in [2.05, 4.69) is 77.5 Å². The molecule has 3 rings (SSSR count). The topological polar surface area (TPSA) is 28.5 Å². The van der Waals surface area contributed by atoms with Gasteiger partial charge in [-0.15, -0.1) is 0 Å². The van der Waals surface area contributed by atoms with E-state index in [9.17, 15) is 0 Å². The molecule has 0 N–H and O–H groups in total. The van der Waals surface area contributed by atoms with Gasteiger partial charge in [0.2, 0.25) is 0 Å². The van der Waals surface area contributed by atoms with Crippen molar-refractivity contribution in [3.8, 4) is 0 Å². The molecule has 0 bridgehead atoms. The van der Waals surface area contributed by atoms with Gasteiger partial charge in [0.05, 0.1) is 5.71 Å². The molecule has 0 fully saturated rings. The number of anilines is 1. The predicted octanol–water partition coefficient (Wildman–Crippen LogP) is 3.98. The van der Waals surface area contributed by atoms with Crippen molar-refractivity contribution in [3.63, 3.8) is 0 Å². The number of rotatable bonds is 4. The summed E-state index contributed by atoms with van der Waals surface area (Å²) in [6.45, 7) is 0.863. The summed E-state index contributed by atoms with van der Waals surface area (Å²) in [5.41, 5.74) is 5.86. The predicted molar refractivity (Wildman–Crippen MR) is 98.1 cm³/mol. The number of aromatic nitrogens is 1. The van der Waals surface area contributed by atoms with E-state index in [0.29, 0.717) is 0 Å². The summed E-state index contributed by atoms with van der Waals surface area (Å²) in [6, 6.07) is 12.5. The van der Waals surface area contributed by atoms with Gasteiger partial charge >= 0.3 is 0 Å². The fourth-order valence-corrected chi connectivity index (χ4v) is 2.61. The van der Waals surface area contributed by atoms with Crippen molar-refractivity contribution >= 4 is 17.5 Å². The van der Waals surface area contributed by atoms with Gasteiger partial charge < -0.3 is 4.90 Å². The van der Waals surface area contributed by atoms with Crippen molar-refractivity contribution in [1.29, 1.82) is 0 Å². The van der Waals surface area contributed by atoms with Crippen molar-refractivity contribution in [3.05, 3.63) is 77.6 Å². The smallest absolute Gasteiger partial charge is 0.0694 e. The molecule has 2 aromatic rings. The Hall–Kier alpha value is -2.68. The minimum atomic E-state index is 0.863. The molecule has 0 saturated carbocycles. The second-order valence-electron chi connectivity index (χ2n) is 5.76. The summed E-state index contributed by atoms with van der Waals surface area (Å²) in [7, 11) is 4.10. The Balaban J connectivity index is 1.73. The van der Waals surface area contributed by atoms with Crippen LogP contribution >= 0.6 is 0 Å². The fourth-order valence-electron chi connectivity index (χ4n) is 2.61. The molecule has 23 heavy (non-hydrogen) atoms. The van der Waals surface area contributed by atoms with Crippen LogP contribution in [-0.4, -0.2) is 31.3 Å². The Morgan fingerprint density at radius 2 is 1.91 bits per heavy atom. The number of benzene rings is 1. The quantitative estimate of drug-likeness (QED) is 0.854. The number of hydrogen-bond donors (Lipinski definition) is 0. The van der Waals surface area contributed by atoms with Crippen LogP contribution in [0.5, 0.6) is 0 Å².